The molecule has 1 atom stereocenters. The SMILES string of the molecule is COCCC(NC(=O)c1ccccc1SCc1c(C)noc1C)C(=O)O. The normalized spacial score (nSPS) is 12.0. The van der Waals surface area contributed by atoms with Crippen LogP contribution in [0.3, 0.4) is 0 Å². The van der Waals surface area contributed by atoms with Gasteiger partial charge < -0.3 is 19.7 Å². The van der Waals surface area contributed by atoms with Crippen LogP contribution in [-0.2, 0) is 15.3 Å². The molecule has 8 heteroatoms. The fourth-order valence-corrected chi connectivity index (χ4v) is 3.57. The van der Waals surface area contributed by atoms with Crippen molar-refractivity contribution in [2.24, 2.45) is 0 Å². The molecule has 2 rings (SSSR count). The van der Waals surface area contributed by atoms with E-state index in [0.29, 0.717) is 11.3 Å². The average molecular weight is 378 g/mol. The number of methoxy groups -OCH3 is 1. The van der Waals surface area contributed by atoms with E-state index >= 15 is 0 Å². The van der Waals surface area contributed by atoms with Gasteiger partial charge in [-0.15, -0.1) is 11.8 Å². The second kappa shape index (κ2) is 9.40. The van der Waals surface area contributed by atoms with Crippen molar-refractivity contribution < 1.29 is 24.0 Å². The summed E-state index contributed by atoms with van der Waals surface area (Å²) in [6, 6.07) is 6.11. The van der Waals surface area contributed by atoms with Crippen LogP contribution in [0.25, 0.3) is 0 Å². The van der Waals surface area contributed by atoms with Crippen molar-refractivity contribution in [3.05, 3.63) is 46.8 Å². The summed E-state index contributed by atoms with van der Waals surface area (Å²) in [6.45, 7) is 3.97. The Labute approximate surface area is 156 Å². The molecule has 1 aromatic heterocycles. The molecule has 140 valence electrons. The van der Waals surface area contributed by atoms with Gasteiger partial charge in [-0.05, 0) is 26.0 Å². The lowest BCUT2D eigenvalue weighted by atomic mass is 10.1. The molecule has 0 bridgehead atoms. The number of ether oxygens (including phenoxy) is 1. The molecule has 0 fully saturated rings. The standard InChI is InChI=1S/C18H22N2O5S/c1-11-14(12(2)25-20-11)10-26-16-7-5-4-6-13(16)17(21)19-15(18(22)23)8-9-24-3/h4-7,15H,8-10H2,1-3H3,(H,19,21)(H,22,23). The van der Waals surface area contributed by atoms with Crippen molar-refractivity contribution in [1.82, 2.24) is 10.5 Å². The van der Waals surface area contributed by atoms with Gasteiger partial charge in [0.25, 0.3) is 5.91 Å². The van der Waals surface area contributed by atoms with Crippen molar-refractivity contribution in [2.45, 2.75) is 37.0 Å². The molecule has 0 radical (unpaired) electrons. The Kier molecular flexibility index (Phi) is 7.23. The van der Waals surface area contributed by atoms with Crippen molar-refractivity contribution in [2.75, 3.05) is 13.7 Å². The van der Waals surface area contributed by atoms with Gasteiger partial charge in [0, 0.05) is 36.3 Å². The number of hydrogen-bond donors (Lipinski definition) is 2. The topological polar surface area (TPSA) is 102 Å². The van der Waals surface area contributed by atoms with Gasteiger partial charge in [0.1, 0.15) is 11.8 Å². The number of carbonyl (C=O) groups is 2. The summed E-state index contributed by atoms with van der Waals surface area (Å²) in [6.07, 6.45) is 0.200. The van der Waals surface area contributed by atoms with Crippen LogP contribution in [0.2, 0.25) is 0 Å². The van der Waals surface area contributed by atoms with E-state index in [1.807, 2.05) is 26.0 Å². The molecule has 7 nitrogen and oxygen atoms in total. The molecule has 1 aromatic carbocycles. The molecule has 0 spiro atoms. The Bertz CT molecular complexity index is 755. The van der Waals surface area contributed by atoms with Crippen LogP contribution in [0, 0.1) is 13.8 Å². The van der Waals surface area contributed by atoms with Crippen LogP contribution in [-0.4, -0.2) is 41.9 Å². The maximum absolute atomic E-state index is 12.6. The number of benzene rings is 1. The van der Waals surface area contributed by atoms with Gasteiger partial charge in [-0.2, -0.15) is 0 Å². The number of rotatable bonds is 9. The Morgan fingerprint density at radius 2 is 2.08 bits per heavy atom. The van der Waals surface area contributed by atoms with Gasteiger partial charge in [-0.3, -0.25) is 4.79 Å². The van der Waals surface area contributed by atoms with Crippen molar-refractivity contribution in [3.63, 3.8) is 0 Å². The van der Waals surface area contributed by atoms with Gasteiger partial charge in [0.15, 0.2) is 0 Å². The number of nitrogens with one attached hydrogen (secondary N) is 1. The third kappa shape index (κ3) is 5.09. The Hall–Kier alpha value is -2.32. The molecule has 2 aromatic rings. The van der Waals surface area contributed by atoms with Crippen molar-refractivity contribution in [3.8, 4) is 0 Å². The number of aromatic nitrogens is 1. The lowest BCUT2D eigenvalue weighted by Crippen LogP contribution is -2.41. The predicted octanol–water partition coefficient (Wildman–Crippen LogP) is 2.80. The summed E-state index contributed by atoms with van der Waals surface area (Å²) in [5, 5.41) is 15.8. The molecule has 0 saturated heterocycles. The highest BCUT2D eigenvalue weighted by Gasteiger charge is 2.22. The quantitative estimate of drug-likeness (QED) is 0.647. The van der Waals surface area contributed by atoms with Gasteiger partial charge in [0.2, 0.25) is 0 Å². The maximum atomic E-state index is 12.6. The third-order valence-electron chi connectivity index (χ3n) is 3.90. The second-order valence-corrected chi connectivity index (χ2v) is 6.75. The van der Waals surface area contributed by atoms with Crippen LogP contribution >= 0.6 is 11.8 Å². The molecule has 1 unspecified atom stereocenters. The van der Waals surface area contributed by atoms with Gasteiger partial charge >= 0.3 is 5.97 Å². The summed E-state index contributed by atoms with van der Waals surface area (Å²) in [5.41, 5.74) is 2.25. The number of nitrogens with zero attached hydrogens (tertiary/aromatic N) is 1. The number of amides is 1. The zero-order valence-corrected chi connectivity index (χ0v) is 15.8. The van der Waals surface area contributed by atoms with Crippen LogP contribution in [0.5, 0.6) is 0 Å². The fraction of sp³-hybridized carbons (Fsp3) is 0.389. The number of aliphatic carboxylic acids is 1. The summed E-state index contributed by atoms with van der Waals surface area (Å²) >= 11 is 1.48. The second-order valence-electron chi connectivity index (χ2n) is 5.73. The van der Waals surface area contributed by atoms with Crippen molar-refractivity contribution >= 4 is 23.6 Å². The van der Waals surface area contributed by atoms with Crippen molar-refractivity contribution in [1.29, 1.82) is 0 Å². The summed E-state index contributed by atoms with van der Waals surface area (Å²) in [7, 11) is 1.49. The van der Waals surface area contributed by atoms with E-state index in [-0.39, 0.29) is 13.0 Å². The van der Waals surface area contributed by atoms with Gasteiger partial charge in [-0.25, -0.2) is 4.79 Å². The van der Waals surface area contributed by atoms with Gasteiger partial charge in [-0.1, -0.05) is 17.3 Å². The average Bonchev–Trinajstić information content (AvgIpc) is 2.94. The first-order valence-electron chi connectivity index (χ1n) is 8.10. The summed E-state index contributed by atoms with van der Waals surface area (Å²) in [4.78, 5) is 24.7. The molecule has 26 heavy (non-hydrogen) atoms. The molecular formula is C18H22N2O5S. The molecule has 0 saturated carbocycles. The Morgan fingerprint density at radius 1 is 1.35 bits per heavy atom. The number of hydrogen-bond acceptors (Lipinski definition) is 6. The lowest BCUT2D eigenvalue weighted by molar-refractivity contribution is -0.139. The fourth-order valence-electron chi connectivity index (χ4n) is 2.37. The zero-order chi connectivity index (χ0) is 19.1. The van der Waals surface area contributed by atoms with E-state index in [2.05, 4.69) is 10.5 Å². The van der Waals surface area contributed by atoms with E-state index in [1.165, 1.54) is 18.9 Å². The minimum Gasteiger partial charge on any atom is -0.480 e. The summed E-state index contributed by atoms with van der Waals surface area (Å²) < 4.78 is 10.1. The van der Waals surface area contributed by atoms with Gasteiger partial charge in [0.05, 0.1) is 11.3 Å². The van der Waals surface area contributed by atoms with E-state index in [1.54, 1.807) is 12.1 Å². The first-order chi connectivity index (χ1) is 12.4. The highest BCUT2D eigenvalue weighted by molar-refractivity contribution is 7.98. The minimum atomic E-state index is -1.09. The molecule has 0 aliphatic heterocycles. The largest absolute Gasteiger partial charge is 0.480 e. The molecular weight excluding hydrogens is 356 g/mol. The monoisotopic (exact) mass is 378 g/mol. The lowest BCUT2D eigenvalue weighted by Gasteiger charge is -2.15. The maximum Gasteiger partial charge on any atom is 0.326 e. The zero-order valence-electron chi connectivity index (χ0n) is 14.9. The number of aryl methyl sites for hydroxylation is 2. The van der Waals surface area contributed by atoms with E-state index in [0.717, 1.165) is 21.9 Å². The predicted molar refractivity (Wildman–Crippen MR) is 97.4 cm³/mol. The minimum absolute atomic E-state index is 0.200. The summed E-state index contributed by atoms with van der Waals surface area (Å²) in [5.74, 6) is -0.147. The third-order valence-corrected chi connectivity index (χ3v) is 5.00. The van der Waals surface area contributed by atoms with E-state index < -0.39 is 17.9 Å². The molecule has 0 aliphatic rings. The molecule has 1 heterocycles. The van der Waals surface area contributed by atoms with E-state index in [4.69, 9.17) is 9.26 Å². The number of thioether (sulfide) groups is 1. The Balaban J connectivity index is 2.12. The number of carboxylic acid groups (broad SMARTS) is 1. The van der Waals surface area contributed by atoms with Crippen LogP contribution in [0.4, 0.5) is 0 Å². The first-order valence-corrected chi connectivity index (χ1v) is 9.08. The molecule has 2 N–H and O–H groups in total. The number of carboxylic acids is 1. The molecule has 0 aliphatic carbocycles. The number of carbonyl (C=O) groups excluding carboxylic acids is 1. The van der Waals surface area contributed by atoms with Crippen LogP contribution < -0.4 is 5.32 Å². The van der Waals surface area contributed by atoms with Crippen LogP contribution in [0.15, 0.2) is 33.7 Å². The molecule has 1 amide bonds. The Morgan fingerprint density at radius 3 is 2.69 bits per heavy atom. The highest BCUT2D eigenvalue weighted by atomic mass is 32.2. The highest BCUT2D eigenvalue weighted by Crippen LogP contribution is 2.28. The first kappa shape index (κ1) is 20.0. The van der Waals surface area contributed by atoms with E-state index in [9.17, 15) is 14.7 Å². The smallest absolute Gasteiger partial charge is 0.326 e. The van der Waals surface area contributed by atoms with Crippen LogP contribution in [0.1, 0.15) is 33.8 Å².